The van der Waals surface area contributed by atoms with Crippen LogP contribution in [0, 0.1) is 13.8 Å². The molecule has 26 heavy (non-hydrogen) atoms. The molecule has 1 amide bonds. The maximum atomic E-state index is 12.5. The van der Waals surface area contributed by atoms with Crippen LogP contribution in [0.4, 0.5) is 0 Å². The highest BCUT2D eigenvalue weighted by molar-refractivity contribution is 5.95. The van der Waals surface area contributed by atoms with E-state index in [4.69, 9.17) is 9.26 Å². The third-order valence-corrected chi connectivity index (χ3v) is 4.57. The molecule has 5 heteroatoms. The number of hydrogen-bond donors (Lipinski definition) is 1. The van der Waals surface area contributed by atoms with E-state index in [0.717, 1.165) is 23.3 Å². The molecule has 0 atom stereocenters. The number of carbonyl (C=O) groups is 1. The molecular formula is C21H20N2O3. The summed E-state index contributed by atoms with van der Waals surface area (Å²) in [6.45, 7) is 4.89. The molecule has 1 N–H and O–H groups in total. The fraction of sp³-hybridized carbons (Fsp3) is 0.238. The molecular weight excluding hydrogens is 328 g/mol. The van der Waals surface area contributed by atoms with Gasteiger partial charge >= 0.3 is 0 Å². The number of amides is 1. The van der Waals surface area contributed by atoms with E-state index in [1.54, 1.807) is 0 Å². The van der Waals surface area contributed by atoms with Crippen molar-refractivity contribution < 1.29 is 14.1 Å². The number of nitrogens with one attached hydrogen (secondary N) is 1. The average molecular weight is 348 g/mol. The number of rotatable bonds is 4. The first-order valence-corrected chi connectivity index (χ1v) is 8.68. The lowest BCUT2D eigenvalue weighted by atomic mass is 10.0. The maximum absolute atomic E-state index is 12.5. The van der Waals surface area contributed by atoms with Crippen LogP contribution in [0.2, 0.25) is 0 Å². The van der Waals surface area contributed by atoms with E-state index in [-0.39, 0.29) is 12.5 Å². The van der Waals surface area contributed by atoms with Crippen molar-refractivity contribution in [2.75, 3.05) is 6.54 Å². The SMILES string of the molecule is Cc1ccc(CCNC(=O)c2noc3c2COc2ccc(C)cc2-3)cc1. The Morgan fingerprint density at radius 3 is 2.69 bits per heavy atom. The molecule has 0 saturated heterocycles. The first-order chi connectivity index (χ1) is 12.6. The van der Waals surface area contributed by atoms with Gasteiger partial charge in [0.05, 0.1) is 11.1 Å². The van der Waals surface area contributed by atoms with Crippen LogP contribution >= 0.6 is 0 Å². The zero-order chi connectivity index (χ0) is 18.1. The van der Waals surface area contributed by atoms with Gasteiger partial charge in [0.2, 0.25) is 0 Å². The number of carbonyl (C=O) groups excluding carboxylic acids is 1. The molecule has 2 heterocycles. The first kappa shape index (κ1) is 16.4. The summed E-state index contributed by atoms with van der Waals surface area (Å²) in [7, 11) is 0. The van der Waals surface area contributed by atoms with Crippen LogP contribution in [0.1, 0.15) is 32.7 Å². The molecule has 1 aliphatic rings. The monoisotopic (exact) mass is 348 g/mol. The number of aryl methyl sites for hydroxylation is 2. The Labute approximate surface area is 152 Å². The smallest absolute Gasteiger partial charge is 0.273 e. The minimum Gasteiger partial charge on any atom is -0.488 e. The lowest BCUT2D eigenvalue weighted by Crippen LogP contribution is -2.27. The summed E-state index contributed by atoms with van der Waals surface area (Å²) in [6.07, 6.45) is 0.768. The van der Waals surface area contributed by atoms with Gasteiger partial charge in [0.15, 0.2) is 11.5 Å². The minimum atomic E-state index is -0.234. The van der Waals surface area contributed by atoms with Crippen LogP contribution in [0.3, 0.4) is 0 Å². The van der Waals surface area contributed by atoms with E-state index in [2.05, 4.69) is 41.7 Å². The van der Waals surface area contributed by atoms with Gasteiger partial charge in [-0.05, 0) is 38.0 Å². The van der Waals surface area contributed by atoms with Crippen LogP contribution in [0.25, 0.3) is 11.3 Å². The Bertz CT molecular complexity index is 958. The topological polar surface area (TPSA) is 64.4 Å². The summed E-state index contributed by atoms with van der Waals surface area (Å²) in [5, 5.41) is 6.91. The highest BCUT2D eigenvalue weighted by Gasteiger charge is 2.28. The molecule has 0 fully saturated rings. The lowest BCUT2D eigenvalue weighted by Gasteiger charge is -2.16. The number of nitrogens with zero attached hydrogens (tertiary/aromatic N) is 1. The quantitative estimate of drug-likeness (QED) is 0.778. The summed E-state index contributed by atoms with van der Waals surface area (Å²) >= 11 is 0. The predicted octanol–water partition coefficient (Wildman–Crippen LogP) is 3.82. The van der Waals surface area contributed by atoms with E-state index in [1.165, 1.54) is 11.1 Å². The van der Waals surface area contributed by atoms with Crippen molar-refractivity contribution in [3.05, 3.63) is 70.4 Å². The molecule has 0 unspecified atom stereocenters. The maximum Gasteiger partial charge on any atom is 0.273 e. The lowest BCUT2D eigenvalue weighted by molar-refractivity contribution is 0.0943. The Kier molecular flexibility index (Phi) is 4.21. The molecule has 1 aromatic heterocycles. The van der Waals surface area contributed by atoms with Crippen molar-refractivity contribution >= 4 is 5.91 Å². The van der Waals surface area contributed by atoms with Crippen LogP contribution in [-0.4, -0.2) is 17.6 Å². The van der Waals surface area contributed by atoms with Crippen molar-refractivity contribution in [1.29, 1.82) is 0 Å². The van der Waals surface area contributed by atoms with E-state index >= 15 is 0 Å². The molecule has 0 radical (unpaired) electrons. The van der Waals surface area contributed by atoms with Gasteiger partial charge in [0.25, 0.3) is 5.91 Å². The highest BCUT2D eigenvalue weighted by Crippen LogP contribution is 2.39. The molecule has 132 valence electrons. The number of ether oxygens (including phenoxy) is 1. The molecule has 4 rings (SSSR count). The van der Waals surface area contributed by atoms with Crippen molar-refractivity contribution in [2.24, 2.45) is 0 Å². The summed E-state index contributed by atoms with van der Waals surface area (Å²) in [5.41, 5.74) is 5.36. The van der Waals surface area contributed by atoms with Crippen LogP contribution in [0.5, 0.6) is 5.75 Å². The second kappa shape index (κ2) is 6.67. The molecule has 1 aliphatic heterocycles. The Hall–Kier alpha value is -3.08. The third-order valence-electron chi connectivity index (χ3n) is 4.57. The van der Waals surface area contributed by atoms with Gasteiger partial charge in [-0.25, -0.2) is 0 Å². The molecule has 3 aromatic rings. The Morgan fingerprint density at radius 1 is 1.12 bits per heavy atom. The summed E-state index contributed by atoms with van der Waals surface area (Å²) in [6, 6.07) is 14.2. The summed E-state index contributed by atoms with van der Waals surface area (Å²) < 4.78 is 11.2. The Morgan fingerprint density at radius 2 is 1.88 bits per heavy atom. The van der Waals surface area contributed by atoms with E-state index in [9.17, 15) is 4.79 Å². The average Bonchev–Trinajstić information content (AvgIpc) is 3.08. The number of fused-ring (bicyclic) bond motifs is 3. The fourth-order valence-corrected chi connectivity index (χ4v) is 3.09. The van der Waals surface area contributed by atoms with Gasteiger partial charge in [-0.3, -0.25) is 4.79 Å². The fourth-order valence-electron chi connectivity index (χ4n) is 3.09. The van der Waals surface area contributed by atoms with E-state index in [1.807, 2.05) is 25.1 Å². The van der Waals surface area contributed by atoms with Crippen molar-refractivity contribution in [3.63, 3.8) is 0 Å². The molecule has 5 nitrogen and oxygen atoms in total. The van der Waals surface area contributed by atoms with Crippen LogP contribution in [0.15, 0.2) is 47.0 Å². The van der Waals surface area contributed by atoms with Crippen molar-refractivity contribution in [1.82, 2.24) is 10.5 Å². The zero-order valence-electron chi connectivity index (χ0n) is 14.8. The van der Waals surface area contributed by atoms with Crippen molar-refractivity contribution in [3.8, 4) is 17.1 Å². The van der Waals surface area contributed by atoms with Crippen molar-refractivity contribution in [2.45, 2.75) is 26.9 Å². The van der Waals surface area contributed by atoms with Crippen LogP contribution < -0.4 is 10.1 Å². The van der Waals surface area contributed by atoms with Gasteiger partial charge in [0.1, 0.15) is 12.4 Å². The largest absolute Gasteiger partial charge is 0.488 e. The second-order valence-electron chi connectivity index (χ2n) is 6.62. The Balaban J connectivity index is 1.47. The summed E-state index contributed by atoms with van der Waals surface area (Å²) in [5.74, 6) is 1.14. The molecule has 0 aliphatic carbocycles. The molecule has 2 aromatic carbocycles. The second-order valence-corrected chi connectivity index (χ2v) is 6.62. The van der Waals surface area contributed by atoms with Gasteiger partial charge < -0.3 is 14.6 Å². The zero-order valence-corrected chi connectivity index (χ0v) is 14.8. The van der Waals surface area contributed by atoms with Crippen LogP contribution in [-0.2, 0) is 13.0 Å². The first-order valence-electron chi connectivity index (χ1n) is 8.68. The third kappa shape index (κ3) is 3.08. The van der Waals surface area contributed by atoms with E-state index in [0.29, 0.717) is 23.6 Å². The highest BCUT2D eigenvalue weighted by atomic mass is 16.5. The minimum absolute atomic E-state index is 0.234. The molecule has 0 saturated carbocycles. The summed E-state index contributed by atoms with van der Waals surface area (Å²) in [4.78, 5) is 12.5. The van der Waals surface area contributed by atoms with E-state index < -0.39 is 0 Å². The van der Waals surface area contributed by atoms with Gasteiger partial charge in [-0.15, -0.1) is 0 Å². The number of aromatic nitrogens is 1. The number of benzene rings is 2. The standard InChI is InChI=1S/C21H20N2O3/c1-13-3-6-15(7-4-13)9-10-22-21(24)19-17-12-25-18-8-5-14(2)11-16(18)20(17)26-23-19/h3-8,11H,9-10,12H2,1-2H3,(H,22,24). The normalized spacial score (nSPS) is 12.1. The van der Waals surface area contributed by atoms with Gasteiger partial charge in [0, 0.05) is 6.54 Å². The van der Waals surface area contributed by atoms with Gasteiger partial charge in [-0.2, -0.15) is 0 Å². The van der Waals surface area contributed by atoms with Gasteiger partial charge in [-0.1, -0.05) is 46.6 Å². The number of hydrogen-bond acceptors (Lipinski definition) is 4. The molecule has 0 bridgehead atoms. The predicted molar refractivity (Wildman–Crippen MR) is 98.2 cm³/mol. The molecule has 0 spiro atoms.